The number of nitrogens with two attached hydrogens (primary N) is 1. The Morgan fingerprint density at radius 3 is 2.81 bits per heavy atom. The largest absolute Gasteiger partial charge is 0.330 e. The van der Waals surface area contributed by atoms with Crippen molar-refractivity contribution in [2.75, 3.05) is 6.54 Å². The molecule has 1 aromatic carbocycles. The Hall–Kier alpha value is -1.61. The highest BCUT2D eigenvalue weighted by molar-refractivity contribution is 5.64. The van der Waals surface area contributed by atoms with E-state index < -0.39 is 0 Å². The Bertz CT molecular complexity index is 486. The fraction of sp³-hybridized carbons (Fsp3) is 0.308. The predicted molar refractivity (Wildman–Crippen MR) is 66.3 cm³/mol. The van der Waals surface area contributed by atoms with E-state index in [2.05, 4.69) is 48.3 Å². The van der Waals surface area contributed by atoms with Crippen LogP contribution >= 0.6 is 0 Å². The number of hydrogen-bond donors (Lipinski definition) is 2. The standard InChI is InChI=1S/C13H17N3/c1-9-4-3-5-11(8-9)13-10(2)12(6-7-14)15-16-13/h3-5,8H,6-7,14H2,1-2H3,(H,15,16). The third-order valence-corrected chi connectivity index (χ3v) is 2.80. The molecule has 0 aliphatic heterocycles. The molecule has 2 aromatic rings. The van der Waals surface area contributed by atoms with Gasteiger partial charge in [-0.3, -0.25) is 5.10 Å². The smallest absolute Gasteiger partial charge is 0.0952 e. The minimum Gasteiger partial charge on any atom is -0.330 e. The van der Waals surface area contributed by atoms with Gasteiger partial charge in [0.15, 0.2) is 0 Å². The molecule has 0 unspecified atom stereocenters. The predicted octanol–water partition coefficient (Wildman–Crippen LogP) is 2.19. The van der Waals surface area contributed by atoms with E-state index >= 15 is 0 Å². The SMILES string of the molecule is Cc1cccc(-c2n[nH]c(CCN)c2C)c1. The Labute approximate surface area is 95.7 Å². The van der Waals surface area contributed by atoms with E-state index in [9.17, 15) is 0 Å². The molecule has 0 saturated heterocycles. The first-order valence-electron chi connectivity index (χ1n) is 5.53. The first kappa shape index (κ1) is 10.9. The molecule has 84 valence electrons. The van der Waals surface area contributed by atoms with Crippen molar-refractivity contribution in [3.05, 3.63) is 41.1 Å². The van der Waals surface area contributed by atoms with Gasteiger partial charge in [-0.1, -0.05) is 23.8 Å². The highest BCUT2D eigenvalue weighted by Crippen LogP contribution is 2.23. The number of aryl methyl sites for hydroxylation is 1. The second kappa shape index (κ2) is 4.49. The van der Waals surface area contributed by atoms with Crippen molar-refractivity contribution in [3.63, 3.8) is 0 Å². The van der Waals surface area contributed by atoms with Gasteiger partial charge in [-0.15, -0.1) is 0 Å². The highest BCUT2D eigenvalue weighted by atomic mass is 15.1. The second-order valence-electron chi connectivity index (χ2n) is 4.08. The summed E-state index contributed by atoms with van der Waals surface area (Å²) >= 11 is 0. The zero-order valence-corrected chi connectivity index (χ0v) is 9.75. The summed E-state index contributed by atoms with van der Waals surface area (Å²) in [5.74, 6) is 0. The number of nitrogens with one attached hydrogen (secondary N) is 1. The molecular formula is C13H17N3. The maximum atomic E-state index is 5.55. The fourth-order valence-corrected chi connectivity index (χ4v) is 1.90. The molecule has 1 heterocycles. The summed E-state index contributed by atoms with van der Waals surface area (Å²) in [5, 5.41) is 7.43. The average Bonchev–Trinajstić information content (AvgIpc) is 2.61. The normalized spacial score (nSPS) is 10.7. The van der Waals surface area contributed by atoms with E-state index in [4.69, 9.17) is 5.73 Å². The number of H-pyrrole nitrogens is 1. The second-order valence-corrected chi connectivity index (χ2v) is 4.08. The Balaban J connectivity index is 2.41. The van der Waals surface area contributed by atoms with Gasteiger partial charge >= 0.3 is 0 Å². The van der Waals surface area contributed by atoms with Crippen LogP contribution in [-0.2, 0) is 6.42 Å². The molecule has 0 radical (unpaired) electrons. The molecule has 3 nitrogen and oxygen atoms in total. The summed E-state index contributed by atoms with van der Waals surface area (Å²) in [7, 11) is 0. The summed E-state index contributed by atoms with van der Waals surface area (Å²) in [6, 6.07) is 8.38. The number of aromatic nitrogens is 2. The lowest BCUT2D eigenvalue weighted by Gasteiger charge is -2.01. The van der Waals surface area contributed by atoms with Crippen LogP contribution in [0.1, 0.15) is 16.8 Å². The highest BCUT2D eigenvalue weighted by Gasteiger charge is 2.09. The number of nitrogens with zero attached hydrogens (tertiary/aromatic N) is 1. The molecule has 0 bridgehead atoms. The quantitative estimate of drug-likeness (QED) is 0.824. The minimum atomic E-state index is 0.649. The van der Waals surface area contributed by atoms with Crippen LogP contribution in [0.4, 0.5) is 0 Å². The lowest BCUT2D eigenvalue weighted by molar-refractivity contribution is 0.896. The lowest BCUT2D eigenvalue weighted by atomic mass is 10.0. The molecule has 16 heavy (non-hydrogen) atoms. The van der Waals surface area contributed by atoms with Gasteiger partial charge in [0.1, 0.15) is 0 Å². The van der Waals surface area contributed by atoms with Crippen LogP contribution in [0.25, 0.3) is 11.3 Å². The fourth-order valence-electron chi connectivity index (χ4n) is 1.90. The van der Waals surface area contributed by atoms with Crippen LogP contribution in [-0.4, -0.2) is 16.7 Å². The van der Waals surface area contributed by atoms with Gasteiger partial charge in [0.05, 0.1) is 5.69 Å². The Morgan fingerprint density at radius 2 is 2.12 bits per heavy atom. The number of hydrogen-bond acceptors (Lipinski definition) is 2. The molecule has 0 aliphatic carbocycles. The molecule has 0 atom stereocenters. The van der Waals surface area contributed by atoms with Crippen LogP contribution in [0.15, 0.2) is 24.3 Å². The summed E-state index contributed by atoms with van der Waals surface area (Å²) in [5.41, 5.74) is 11.3. The van der Waals surface area contributed by atoms with E-state index in [-0.39, 0.29) is 0 Å². The van der Waals surface area contributed by atoms with Crippen LogP contribution in [0.2, 0.25) is 0 Å². The molecule has 3 N–H and O–H groups in total. The van der Waals surface area contributed by atoms with Gasteiger partial charge in [-0.2, -0.15) is 5.10 Å². The number of benzene rings is 1. The van der Waals surface area contributed by atoms with Crippen molar-refractivity contribution in [2.24, 2.45) is 5.73 Å². The van der Waals surface area contributed by atoms with Gasteiger partial charge in [-0.05, 0) is 32.0 Å². The van der Waals surface area contributed by atoms with Crippen LogP contribution < -0.4 is 5.73 Å². The van der Waals surface area contributed by atoms with E-state index in [1.165, 1.54) is 11.1 Å². The van der Waals surface area contributed by atoms with Crippen molar-refractivity contribution >= 4 is 0 Å². The van der Waals surface area contributed by atoms with Gasteiger partial charge in [-0.25, -0.2) is 0 Å². The van der Waals surface area contributed by atoms with E-state index in [1.54, 1.807) is 0 Å². The third kappa shape index (κ3) is 1.99. The van der Waals surface area contributed by atoms with Crippen molar-refractivity contribution in [1.82, 2.24) is 10.2 Å². The zero-order chi connectivity index (χ0) is 11.5. The number of aromatic amines is 1. The van der Waals surface area contributed by atoms with Crippen LogP contribution in [0.3, 0.4) is 0 Å². The summed E-state index contributed by atoms with van der Waals surface area (Å²) in [6.45, 7) is 4.83. The zero-order valence-electron chi connectivity index (χ0n) is 9.75. The first-order valence-corrected chi connectivity index (χ1v) is 5.53. The lowest BCUT2D eigenvalue weighted by Crippen LogP contribution is -2.03. The molecular weight excluding hydrogens is 198 g/mol. The monoisotopic (exact) mass is 215 g/mol. The number of rotatable bonds is 3. The van der Waals surface area contributed by atoms with Gasteiger partial charge in [0.2, 0.25) is 0 Å². The molecule has 2 rings (SSSR count). The van der Waals surface area contributed by atoms with Crippen LogP contribution in [0, 0.1) is 13.8 Å². The summed E-state index contributed by atoms with van der Waals surface area (Å²) in [4.78, 5) is 0. The van der Waals surface area contributed by atoms with Crippen molar-refractivity contribution < 1.29 is 0 Å². The topological polar surface area (TPSA) is 54.7 Å². The summed E-state index contributed by atoms with van der Waals surface area (Å²) in [6.07, 6.45) is 0.852. The minimum absolute atomic E-state index is 0.649. The van der Waals surface area contributed by atoms with Gasteiger partial charge < -0.3 is 5.73 Å². The van der Waals surface area contributed by atoms with Crippen molar-refractivity contribution in [3.8, 4) is 11.3 Å². The molecule has 3 heteroatoms. The van der Waals surface area contributed by atoms with E-state index in [1.807, 2.05) is 0 Å². The molecule has 0 spiro atoms. The molecule has 0 amide bonds. The Kier molecular flexibility index (Phi) is 3.06. The van der Waals surface area contributed by atoms with Crippen molar-refractivity contribution in [1.29, 1.82) is 0 Å². The average molecular weight is 215 g/mol. The van der Waals surface area contributed by atoms with Crippen LogP contribution in [0.5, 0.6) is 0 Å². The first-order chi connectivity index (χ1) is 7.72. The molecule has 0 fully saturated rings. The molecule has 1 aromatic heterocycles. The molecule has 0 saturated carbocycles. The van der Waals surface area contributed by atoms with Gasteiger partial charge in [0.25, 0.3) is 0 Å². The molecule has 0 aliphatic rings. The maximum absolute atomic E-state index is 5.55. The van der Waals surface area contributed by atoms with E-state index in [0.717, 1.165) is 23.4 Å². The Morgan fingerprint density at radius 1 is 1.31 bits per heavy atom. The van der Waals surface area contributed by atoms with Gasteiger partial charge in [0, 0.05) is 17.7 Å². The summed E-state index contributed by atoms with van der Waals surface area (Å²) < 4.78 is 0. The maximum Gasteiger partial charge on any atom is 0.0952 e. The van der Waals surface area contributed by atoms with Crippen molar-refractivity contribution in [2.45, 2.75) is 20.3 Å². The third-order valence-electron chi connectivity index (χ3n) is 2.80. The van der Waals surface area contributed by atoms with E-state index in [0.29, 0.717) is 6.54 Å².